The molecular weight excluding hydrogens is 309 g/mol. The predicted octanol–water partition coefficient (Wildman–Crippen LogP) is 4.47. The van der Waals surface area contributed by atoms with Gasteiger partial charge < -0.3 is 5.32 Å². The molecule has 1 fully saturated rings. The van der Waals surface area contributed by atoms with Crippen LogP contribution in [0.3, 0.4) is 0 Å². The lowest BCUT2D eigenvalue weighted by molar-refractivity contribution is -0.137. The van der Waals surface area contributed by atoms with Gasteiger partial charge in [0, 0.05) is 17.2 Å². The number of pyridine rings is 1. The fraction of sp³-hybridized carbons (Fsp3) is 0.583. The van der Waals surface area contributed by atoms with Crippen molar-refractivity contribution in [2.75, 3.05) is 11.9 Å². The van der Waals surface area contributed by atoms with Crippen LogP contribution in [0.25, 0.3) is 0 Å². The van der Waals surface area contributed by atoms with Crippen LogP contribution in [0.5, 0.6) is 0 Å². The number of nitrogens with zero attached hydrogens (tertiary/aromatic N) is 1. The van der Waals surface area contributed by atoms with Crippen LogP contribution in [0, 0.1) is 5.92 Å². The van der Waals surface area contributed by atoms with Gasteiger partial charge in [0.05, 0.1) is 5.56 Å². The number of hydrogen-bond donors (Lipinski definition) is 1. The SMILES string of the molecule is FC(F)(F)c1cc(Br)cnc1NCC1CCCC1. The lowest BCUT2D eigenvalue weighted by Crippen LogP contribution is -2.16. The van der Waals surface area contributed by atoms with Gasteiger partial charge in [-0.2, -0.15) is 13.2 Å². The largest absolute Gasteiger partial charge is 0.419 e. The van der Waals surface area contributed by atoms with Crippen LogP contribution in [0.4, 0.5) is 19.0 Å². The van der Waals surface area contributed by atoms with Crippen LogP contribution in [0.1, 0.15) is 31.2 Å². The molecule has 1 heterocycles. The van der Waals surface area contributed by atoms with Crippen molar-refractivity contribution >= 4 is 21.7 Å². The average molecular weight is 323 g/mol. The zero-order valence-electron chi connectivity index (χ0n) is 9.73. The van der Waals surface area contributed by atoms with Crippen LogP contribution in [-0.4, -0.2) is 11.5 Å². The minimum absolute atomic E-state index is 0.0717. The molecule has 2 nitrogen and oxygen atoms in total. The van der Waals surface area contributed by atoms with E-state index in [2.05, 4.69) is 26.2 Å². The standard InChI is InChI=1S/C12H14BrF3N2/c13-9-5-10(12(14,15)16)11(18-7-9)17-6-8-3-1-2-4-8/h5,7-8H,1-4,6H2,(H,17,18). The van der Waals surface area contributed by atoms with E-state index in [0.717, 1.165) is 18.9 Å². The van der Waals surface area contributed by atoms with E-state index in [-0.39, 0.29) is 5.82 Å². The molecule has 0 saturated heterocycles. The molecule has 0 radical (unpaired) electrons. The second-order valence-electron chi connectivity index (χ2n) is 4.58. The minimum atomic E-state index is -4.38. The first-order chi connectivity index (χ1) is 8.47. The highest BCUT2D eigenvalue weighted by Gasteiger charge is 2.34. The predicted molar refractivity (Wildman–Crippen MR) is 67.4 cm³/mol. The smallest absolute Gasteiger partial charge is 0.369 e. The van der Waals surface area contributed by atoms with Crippen molar-refractivity contribution in [2.45, 2.75) is 31.9 Å². The molecule has 0 bridgehead atoms. The molecule has 0 unspecified atom stereocenters. The Morgan fingerprint density at radius 1 is 1.33 bits per heavy atom. The van der Waals surface area contributed by atoms with Gasteiger partial charge in [-0.25, -0.2) is 4.98 Å². The summed E-state index contributed by atoms with van der Waals surface area (Å²) >= 11 is 3.02. The maximum absolute atomic E-state index is 12.8. The van der Waals surface area contributed by atoms with Crippen molar-refractivity contribution in [3.05, 3.63) is 22.3 Å². The van der Waals surface area contributed by atoms with Gasteiger partial charge in [0.2, 0.25) is 0 Å². The van der Waals surface area contributed by atoms with Gasteiger partial charge in [-0.05, 0) is 40.8 Å². The number of hydrogen-bond acceptors (Lipinski definition) is 2. The summed E-state index contributed by atoms with van der Waals surface area (Å²) in [6.45, 7) is 0.567. The maximum atomic E-state index is 12.8. The van der Waals surface area contributed by atoms with Gasteiger partial charge in [0.15, 0.2) is 0 Å². The fourth-order valence-electron chi connectivity index (χ4n) is 2.25. The Morgan fingerprint density at radius 3 is 2.61 bits per heavy atom. The minimum Gasteiger partial charge on any atom is -0.369 e. The van der Waals surface area contributed by atoms with Crippen LogP contribution < -0.4 is 5.32 Å². The third-order valence-corrected chi connectivity index (χ3v) is 3.63. The van der Waals surface area contributed by atoms with Crippen LogP contribution >= 0.6 is 15.9 Å². The summed E-state index contributed by atoms with van der Waals surface area (Å²) in [5.41, 5.74) is -0.713. The molecule has 18 heavy (non-hydrogen) atoms. The van der Waals surface area contributed by atoms with E-state index in [9.17, 15) is 13.2 Å². The lowest BCUT2D eigenvalue weighted by Gasteiger charge is -2.16. The Balaban J connectivity index is 2.11. The molecule has 0 atom stereocenters. The first kappa shape index (κ1) is 13.6. The van der Waals surface area contributed by atoms with E-state index in [1.54, 1.807) is 0 Å². The Bertz CT molecular complexity index is 414. The summed E-state index contributed by atoms with van der Waals surface area (Å²) in [6.07, 6.45) is 1.52. The van der Waals surface area contributed by atoms with Gasteiger partial charge in [0.1, 0.15) is 5.82 Å². The summed E-state index contributed by atoms with van der Waals surface area (Å²) in [7, 11) is 0. The highest BCUT2D eigenvalue weighted by molar-refractivity contribution is 9.10. The average Bonchev–Trinajstić information content (AvgIpc) is 2.79. The number of nitrogens with one attached hydrogen (secondary N) is 1. The molecule has 2 rings (SSSR count). The van der Waals surface area contributed by atoms with Gasteiger partial charge in [0.25, 0.3) is 0 Å². The maximum Gasteiger partial charge on any atom is 0.419 e. The molecule has 1 N–H and O–H groups in total. The Kier molecular flexibility index (Phi) is 4.14. The molecule has 0 aromatic carbocycles. The summed E-state index contributed by atoms with van der Waals surface area (Å²) in [4.78, 5) is 3.83. The number of aromatic nitrogens is 1. The second-order valence-corrected chi connectivity index (χ2v) is 5.49. The normalized spacial score (nSPS) is 17.1. The first-order valence-corrected chi connectivity index (χ1v) is 6.73. The topological polar surface area (TPSA) is 24.9 Å². The second kappa shape index (κ2) is 5.47. The highest BCUT2D eigenvalue weighted by Crippen LogP contribution is 2.35. The Hall–Kier alpha value is -0.780. The van der Waals surface area contributed by atoms with E-state index < -0.39 is 11.7 Å². The van der Waals surface area contributed by atoms with Crippen LogP contribution in [-0.2, 0) is 6.18 Å². The number of halogens is 4. The molecule has 6 heteroatoms. The van der Waals surface area contributed by atoms with E-state index in [1.807, 2.05) is 0 Å². The van der Waals surface area contributed by atoms with Crippen molar-refractivity contribution < 1.29 is 13.2 Å². The molecule has 1 aliphatic rings. The van der Waals surface area contributed by atoms with E-state index in [1.165, 1.54) is 19.0 Å². The van der Waals surface area contributed by atoms with Crippen LogP contribution in [0.2, 0.25) is 0 Å². The fourth-order valence-corrected chi connectivity index (χ4v) is 2.58. The Morgan fingerprint density at radius 2 is 2.00 bits per heavy atom. The van der Waals surface area contributed by atoms with Crippen molar-refractivity contribution in [1.29, 1.82) is 0 Å². The zero-order valence-corrected chi connectivity index (χ0v) is 11.3. The summed E-state index contributed by atoms with van der Waals surface area (Å²) in [5.74, 6) is 0.397. The molecule has 0 amide bonds. The number of anilines is 1. The van der Waals surface area contributed by atoms with Crippen molar-refractivity contribution in [3.63, 3.8) is 0 Å². The molecule has 1 saturated carbocycles. The van der Waals surface area contributed by atoms with Gasteiger partial charge in [-0.1, -0.05) is 12.8 Å². The molecule has 0 aliphatic heterocycles. The highest BCUT2D eigenvalue weighted by atomic mass is 79.9. The number of alkyl halides is 3. The van der Waals surface area contributed by atoms with Crippen molar-refractivity contribution in [3.8, 4) is 0 Å². The molecule has 1 aliphatic carbocycles. The molecular formula is C12H14BrF3N2. The van der Waals surface area contributed by atoms with Gasteiger partial charge >= 0.3 is 6.18 Å². The summed E-state index contributed by atoms with van der Waals surface area (Å²) in [5, 5.41) is 2.84. The Labute approximate surface area is 112 Å². The number of rotatable bonds is 3. The van der Waals surface area contributed by atoms with Crippen LogP contribution in [0.15, 0.2) is 16.7 Å². The lowest BCUT2D eigenvalue weighted by atomic mass is 10.1. The van der Waals surface area contributed by atoms with E-state index >= 15 is 0 Å². The molecule has 1 aromatic heterocycles. The van der Waals surface area contributed by atoms with E-state index in [4.69, 9.17) is 0 Å². The third kappa shape index (κ3) is 3.37. The first-order valence-electron chi connectivity index (χ1n) is 5.93. The quantitative estimate of drug-likeness (QED) is 0.888. The zero-order chi connectivity index (χ0) is 13.2. The van der Waals surface area contributed by atoms with Crippen molar-refractivity contribution in [1.82, 2.24) is 4.98 Å². The third-order valence-electron chi connectivity index (χ3n) is 3.19. The monoisotopic (exact) mass is 322 g/mol. The molecule has 0 spiro atoms. The molecule has 1 aromatic rings. The summed E-state index contributed by atoms with van der Waals surface area (Å²) in [6, 6.07) is 1.06. The van der Waals surface area contributed by atoms with Gasteiger partial charge in [-0.3, -0.25) is 0 Å². The van der Waals surface area contributed by atoms with E-state index in [0.29, 0.717) is 16.9 Å². The van der Waals surface area contributed by atoms with Crippen molar-refractivity contribution in [2.24, 2.45) is 5.92 Å². The summed E-state index contributed by atoms with van der Waals surface area (Å²) < 4.78 is 38.8. The van der Waals surface area contributed by atoms with Gasteiger partial charge in [-0.15, -0.1) is 0 Å². The molecule has 100 valence electrons.